The van der Waals surface area contributed by atoms with Crippen LogP contribution in [-0.2, 0) is 11.2 Å². The molecule has 3 fully saturated rings. The Balaban J connectivity index is 0.000000266. The minimum atomic E-state index is 0. The van der Waals surface area contributed by atoms with Gasteiger partial charge in [0, 0.05) is 85.6 Å². The molecule has 3 aliphatic heterocycles. The number of ether oxygens (including phenoxy) is 1. The second-order valence-corrected chi connectivity index (χ2v) is 12.1. The molecule has 0 N–H and O–H groups in total. The fourth-order valence-electron chi connectivity index (χ4n) is 4.47. The number of anilines is 2. The number of carbonyl (C=O) groups excluding carboxylic acids is 1. The molecule has 0 spiro atoms. The van der Waals surface area contributed by atoms with E-state index in [1.54, 1.807) is 6.92 Å². The lowest BCUT2D eigenvalue weighted by Crippen LogP contribution is -2.40. The third-order valence-corrected chi connectivity index (χ3v) is 8.97. The molecule has 0 atom stereocenters. The highest BCUT2D eigenvalue weighted by molar-refractivity contribution is 7.99. The number of carbonyl (C=O) groups is 1. The monoisotopic (exact) mass is 575 g/mol. The Morgan fingerprint density at radius 2 is 1.21 bits per heavy atom. The number of nitrogens with zero attached hydrogens (tertiary/aromatic N) is 3. The predicted octanol–water partition coefficient (Wildman–Crippen LogP) is 6.16. The van der Waals surface area contributed by atoms with Crippen LogP contribution in [0.4, 0.5) is 11.4 Å². The smallest absolute Gasteiger partial charge is 0.159 e. The zero-order valence-corrected chi connectivity index (χ0v) is 23.6. The van der Waals surface area contributed by atoms with Gasteiger partial charge in [-0.05, 0) is 48.9 Å². The average Bonchev–Trinajstić information content (AvgIpc) is 2.95. The third-order valence-electron chi connectivity index (χ3n) is 6.68. The lowest BCUT2D eigenvalue weighted by Gasteiger charge is -2.30. The molecular weight excluding hydrogens is 531 g/mol. The van der Waals surface area contributed by atoms with Crippen LogP contribution in [0, 0.1) is 0 Å². The van der Waals surface area contributed by atoms with Crippen LogP contribution >= 0.6 is 35.7 Å². The Bertz CT molecular complexity index is 967. The van der Waals surface area contributed by atoms with Crippen molar-refractivity contribution in [1.82, 2.24) is 4.90 Å². The summed E-state index contributed by atoms with van der Waals surface area (Å²) in [6, 6.07) is 16.9. The first-order valence-electron chi connectivity index (χ1n) is 12.8. The molecular formula is C30H45N3O2S3. The van der Waals surface area contributed by atoms with Crippen molar-refractivity contribution in [3.63, 3.8) is 0 Å². The largest absolute Gasteiger partial charge is 0.378 e. The van der Waals surface area contributed by atoms with Crippen molar-refractivity contribution in [3.05, 3.63) is 59.7 Å². The van der Waals surface area contributed by atoms with E-state index in [-0.39, 0.29) is 20.6 Å². The number of ketones is 1. The van der Waals surface area contributed by atoms with Crippen molar-refractivity contribution >= 4 is 57.9 Å². The number of Topliss-reactive ketones (excluding diaryl/α,β-unsaturated/α-hetero) is 1. The second kappa shape index (κ2) is 17.1. The summed E-state index contributed by atoms with van der Waals surface area (Å²) in [5.74, 6) is 5.02. The van der Waals surface area contributed by atoms with Gasteiger partial charge < -0.3 is 19.4 Å². The molecule has 3 saturated heterocycles. The van der Waals surface area contributed by atoms with Crippen LogP contribution in [0.15, 0.2) is 48.5 Å². The van der Waals surface area contributed by atoms with Crippen LogP contribution in [0.3, 0.4) is 0 Å². The third kappa shape index (κ3) is 9.78. The SMILES string of the molecule is C.C.CC(=O)c1ccc(N2CCSCC2)cc1.S=C(Cc1ccc(N2CCSCC2)cc1)N1CCOCC1. The summed E-state index contributed by atoms with van der Waals surface area (Å²) in [5, 5.41) is 0. The van der Waals surface area contributed by atoms with Crippen molar-refractivity contribution in [3.8, 4) is 0 Å². The van der Waals surface area contributed by atoms with E-state index >= 15 is 0 Å². The normalized spacial score (nSPS) is 17.3. The zero-order chi connectivity index (χ0) is 25.2. The van der Waals surface area contributed by atoms with Crippen LogP contribution in [0.2, 0.25) is 0 Å². The molecule has 3 aliphatic rings. The van der Waals surface area contributed by atoms with Gasteiger partial charge in [0.15, 0.2) is 5.78 Å². The van der Waals surface area contributed by atoms with E-state index in [0.29, 0.717) is 0 Å². The Morgan fingerprint density at radius 3 is 1.66 bits per heavy atom. The summed E-state index contributed by atoms with van der Waals surface area (Å²) in [4.78, 5) is 19.3. The fraction of sp³-hybridized carbons (Fsp3) is 0.533. The van der Waals surface area contributed by atoms with Gasteiger partial charge in [-0.2, -0.15) is 23.5 Å². The predicted molar refractivity (Wildman–Crippen MR) is 174 cm³/mol. The number of hydrogen-bond acceptors (Lipinski definition) is 7. The van der Waals surface area contributed by atoms with Crippen molar-refractivity contribution in [2.24, 2.45) is 0 Å². The van der Waals surface area contributed by atoms with E-state index in [2.05, 4.69) is 39.0 Å². The molecule has 0 bridgehead atoms. The van der Waals surface area contributed by atoms with Crippen molar-refractivity contribution in [2.45, 2.75) is 28.2 Å². The fourth-order valence-corrected chi connectivity index (χ4v) is 6.63. The maximum Gasteiger partial charge on any atom is 0.159 e. The van der Waals surface area contributed by atoms with Gasteiger partial charge in [0.1, 0.15) is 0 Å². The van der Waals surface area contributed by atoms with Gasteiger partial charge in [-0.15, -0.1) is 0 Å². The van der Waals surface area contributed by atoms with Gasteiger partial charge in [-0.25, -0.2) is 0 Å². The molecule has 2 aromatic carbocycles. The van der Waals surface area contributed by atoms with Crippen LogP contribution in [0.5, 0.6) is 0 Å². The summed E-state index contributed by atoms with van der Waals surface area (Å²) in [7, 11) is 0. The maximum atomic E-state index is 11.1. The lowest BCUT2D eigenvalue weighted by atomic mass is 10.1. The van der Waals surface area contributed by atoms with E-state index in [4.69, 9.17) is 17.0 Å². The molecule has 0 amide bonds. The molecule has 38 heavy (non-hydrogen) atoms. The van der Waals surface area contributed by atoms with Crippen LogP contribution in [0.1, 0.15) is 37.7 Å². The summed E-state index contributed by atoms with van der Waals surface area (Å²) in [6.45, 7) is 9.62. The summed E-state index contributed by atoms with van der Waals surface area (Å²) >= 11 is 9.62. The second-order valence-electron chi connectivity index (χ2n) is 9.14. The lowest BCUT2D eigenvalue weighted by molar-refractivity contribution is 0.0684. The zero-order valence-electron chi connectivity index (χ0n) is 21.2. The molecule has 210 valence electrons. The highest BCUT2D eigenvalue weighted by Crippen LogP contribution is 2.21. The molecule has 5 nitrogen and oxygen atoms in total. The van der Waals surface area contributed by atoms with Crippen molar-refractivity contribution in [2.75, 3.05) is 85.3 Å². The van der Waals surface area contributed by atoms with Crippen molar-refractivity contribution < 1.29 is 9.53 Å². The van der Waals surface area contributed by atoms with Crippen LogP contribution in [0.25, 0.3) is 0 Å². The Morgan fingerprint density at radius 1 is 0.763 bits per heavy atom. The van der Waals surface area contributed by atoms with E-state index < -0.39 is 0 Å². The Hall–Kier alpha value is -1.74. The molecule has 0 unspecified atom stereocenters. The van der Waals surface area contributed by atoms with Crippen LogP contribution < -0.4 is 9.80 Å². The maximum absolute atomic E-state index is 11.1. The molecule has 5 rings (SSSR count). The first-order valence-corrected chi connectivity index (χ1v) is 15.5. The number of rotatable bonds is 5. The topological polar surface area (TPSA) is 36.0 Å². The highest BCUT2D eigenvalue weighted by Gasteiger charge is 2.15. The van der Waals surface area contributed by atoms with Gasteiger partial charge in [0.2, 0.25) is 0 Å². The molecule has 0 aromatic heterocycles. The van der Waals surface area contributed by atoms with E-state index in [9.17, 15) is 4.79 Å². The molecule has 0 radical (unpaired) electrons. The molecule has 2 aromatic rings. The van der Waals surface area contributed by atoms with E-state index in [1.807, 2.05) is 47.8 Å². The van der Waals surface area contributed by atoms with E-state index in [0.717, 1.165) is 69.5 Å². The quantitative estimate of drug-likeness (QED) is 0.310. The minimum Gasteiger partial charge on any atom is -0.378 e. The van der Waals surface area contributed by atoms with Gasteiger partial charge >= 0.3 is 0 Å². The summed E-state index contributed by atoms with van der Waals surface area (Å²) < 4.78 is 5.37. The highest BCUT2D eigenvalue weighted by atomic mass is 32.2. The molecule has 3 heterocycles. The number of hydrogen-bond donors (Lipinski definition) is 0. The molecule has 0 aliphatic carbocycles. The Kier molecular flexibility index (Phi) is 14.6. The summed E-state index contributed by atoms with van der Waals surface area (Å²) in [6.07, 6.45) is 0.867. The van der Waals surface area contributed by atoms with Gasteiger partial charge in [0.05, 0.1) is 18.2 Å². The van der Waals surface area contributed by atoms with Gasteiger partial charge in [-0.1, -0.05) is 39.2 Å². The van der Waals surface area contributed by atoms with Crippen LogP contribution in [-0.4, -0.2) is 91.2 Å². The average molecular weight is 576 g/mol. The standard InChI is InChI=1S/C16H22N2OS2.C12H15NOS.2CH4/c20-16(18-5-9-19-10-6-18)13-14-1-3-15(4-2-14)17-7-11-21-12-8-17;1-10(14)11-2-4-12(5-3-11)13-6-8-15-9-7-13;;/h1-4H,5-13H2;2-5H,6-9H2,1H3;2*1H4. The van der Waals surface area contributed by atoms with Crippen molar-refractivity contribution in [1.29, 1.82) is 0 Å². The number of thiocarbonyl (C=S) groups is 1. The molecule has 0 saturated carbocycles. The number of thioether (sulfide) groups is 2. The minimum absolute atomic E-state index is 0. The van der Waals surface area contributed by atoms with Gasteiger partial charge in [-0.3, -0.25) is 4.79 Å². The van der Waals surface area contributed by atoms with Gasteiger partial charge in [0.25, 0.3) is 0 Å². The first kappa shape index (κ1) is 32.5. The number of benzene rings is 2. The van der Waals surface area contributed by atoms with E-state index in [1.165, 1.54) is 39.9 Å². The number of morpholine rings is 1. The Labute approximate surface area is 244 Å². The first-order chi connectivity index (χ1) is 17.6. The summed E-state index contributed by atoms with van der Waals surface area (Å²) in [5.41, 5.74) is 4.68. The molecule has 8 heteroatoms.